The zero-order valence-electron chi connectivity index (χ0n) is 3.96. The van der Waals surface area contributed by atoms with Crippen molar-refractivity contribution in [2.75, 3.05) is 0 Å². The summed E-state index contributed by atoms with van der Waals surface area (Å²) < 4.78 is 0. The first-order valence-electron chi connectivity index (χ1n) is 0. The van der Waals surface area contributed by atoms with E-state index in [9.17, 15) is 0 Å². The van der Waals surface area contributed by atoms with E-state index in [0.29, 0.717) is 0 Å². The molecule has 8 N–H and O–H groups in total. The Balaban J connectivity index is 0. The summed E-state index contributed by atoms with van der Waals surface area (Å²) in [6.45, 7) is 0. The van der Waals surface area contributed by atoms with E-state index < -0.39 is 0 Å². The molecule has 0 bridgehead atoms. The van der Waals surface area contributed by atoms with E-state index in [-0.39, 0.29) is 79.9 Å². The minimum atomic E-state index is 0. The van der Waals surface area contributed by atoms with Crippen LogP contribution < -0.4 is 0 Å². The predicted molar refractivity (Wildman–Crippen MR) is 25.4 cm³/mol. The minimum absolute atomic E-state index is 0. The Morgan fingerprint density at radius 3 is 0.556 bits per heavy atom. The normalized spacial score (nSPS) is 0. The van der Waals surface area contributed by atoms with Crippen LogP contribution in [0, 0.1) is 0 Å². The van der Waals surface area contributed by atoms with Crippen molar-refractivity contribution < 1.29 is 66.4 Å². The SMILES string of the molecule is O.O.S.[Fe+2].[Ni+2].[OH-].[OH-].[OH-].[OH-]. The molecule has 9 heteroatoms. The van der Waals surface area contributed by atoms with Crippen LogP contribution in [0.2, 0.25) is 0 Å². The first-order chi connectivity index (χ1) is 0. The Hall–Kier alpha value is 1.12. The maximum Gasteiger partial charge on any atom is 2.00 e. The quantitative estimate of drug-likeness (QED) is 0.441. The second kappa shape index (κ2) is 477. The van der Waals surface area contributed by atoms with Gasteiger partial charge >= 0.3 is 33.6 Å². The summed E-state index contributed by atoms with van der Waals surface area (Å²) in [6, 6.07) is 0. The molecule has 0 aromatic carbocycles. The smallest absolute Gasteiger partial charge is 0.870 e. The summed E-state index contributed by atoms with van der Waals surface area (Å²) in [5.41, 5.74) is 0. The molecule has 0 saturated carbocycles. The van der Waals surface area contributed by atoms with Crippen molar-refractivity contribution in [1.82, 2.24) is 0 Å². The molecule has 0 saturated heterocycles. The van der Waals surface area contributed by atoms with Gasteiger partial charge in [0.2, 0.25) is 0 Å². The number of hydrogen-bond acceptors (Lipinski definition) is 4. The summed E-state index contributed by atoms with van der Waals surface area (Å²) in [5, 5.41) is 0. The molecule has 0 aliphatic heterocycles. The van der Waals surface area contributed by atoms with Crippen molar-refractivity contribution in [3.05, 3.63) is 0 Å². The summed E-state index contributed by atoms with van der Waals surface area (Å²) in [5.74, 6) is 0. The first-order valence-corrected chi connectivity index (χ1v) is 0. The third kappa shape index (κ3) is 367. The molecule has 0 radical (unpaired) electrons. The molecule has 0 aliphatic carbocycles. The number of rotatable bonds is 0. The largest absolute Gasteiger partial charge is 2.00 e. The fourth-order valence-corrected chi connectivity index (χ4v) is 0. The van der Waals surface area contributed by atoms with Gasteiger partial charge in [0.15, 0.2) is 0 Å². The molecule has 0 atom stereocenters. The van der Waals surface area contributed by atoms with Gasteiger partial charge in [-0.25, -0.2) is 0 Å². The van der Waals surface area contributed by atoms with Crippen LogP contribution in [0.4, 0.5) is 0 Å². The molecule has 0 fully saturated rings. The van der Waals surface area contributed by atoms with E-state index in [4.69, 9.17) is 0 Å². The van der Waals surface area contributed by atoms with Gasteiger partial charge < -0.3 is 32.9 Å². The van der Waals surface area contributed by atoms with Gasteiger partial charge in [-0.15, -0.1) is 0 Å². The van der Waals surface area contributed by atoms with E-state index in [1.165, 1.54) is 0 Å². The molecular weight excluding hydrogens is 243 g/mol. The fourth-order valence-electron chi connectivity index (χ4n) is 0. The zero-order chi connectivity index (χ0) is 0. The van der Waals surface area contributed by atoms with E-state index in [1.54, 1.807) is 0 Å². The van der Waals surface area contributed by atoms with Crippen LogP contribution >= 0.6 is 13.5 Å². The Morgan fingerprint density at radius 1 is 0.556 bits per heavy atom. The van der Waals surface area contributed by atoms with Crippen LogP contribution in [-0.4, -0.2) is 32.9 Å². The minimum Gasteiger partial charge on any atom is -0.870 e. The average Bonchev–Trinajstić information content (AvgIpc) is 0. The van der Waals surface area contributed by atoms with Crippen LogP contribution in [0.15, 0.2) is 0 Å². The van der Waals surface area contributed by atoms with Gasteiger partial charge in [0.05, 0.1) is 0 Å². The molecule has 0 aliphatic rings. The van der Waals surface area contributed by atoms with Crippen molar-refractivity contribution in [3.63, 3.8) is 0 Å². The zero-order valence-corrected chi connectivity index (χ0v) is 7.05. The predicted octanol–water partition coefficient (Wildman–Crippen LogP) is -2.25. The topological polar surface area (TPSA) is 183 Å². The van der Waals surface area contributed by atoms with Gasteiger partial charge in [-0.05, 0) is 0 Å². The van der Waals surface area contributed by atoms with Gasteiger partial charge in [0.25, 0.3) is 0 Å². The van der Waals surface area contributed by atoms with Crippen LogP contribution in [0.5, 0.6) is 0 Å². The molecule has 0 rings (SSSR count). The Morgan fingerprint density at radius 2 is 0.556 bits per heavy atom. The van der Waals surface area contributed by atoms with Gasteiger partial charge in [-0.2, -0.15) is 13.5 Å². The molecule has 0 heterocycles. The van der Waals surface area contributed by atoms with Gasteiger partial charge in [0.1, 0.15) is 0 Å². The Bertz CT molecular complexity index is 13.0. The average molecular weight is 253 g/mol. The molecule has 70 valence electrons. The maximum atomic E-state index is 0. The second-order valence-corrected chi connectivity index (χ2v) is 0. The fraction of sp³-hybridized carbons (Fsp3) is 0. The molecule has 0 spiro atoms. The maximum absolute atomic E-state index is 0. The molecule has 0 aromatic heterocycles. The van der Waals surface area contributed by atoms with Crippen LogP contribution in [0.25, 0.3) is 0 Å². The van der Waals surface area contributed by atoms with E-state index in [1.807, 2.05) is 0 Å². The van der Waals surface area contributed by atoms with Gasteiger partial charge in [-0.1, -0.05) is 0 Å². The molecular formula is H10FeNiO6S. The first kappa shape index (κ1) is 668. The van der Waals surface area contributed by atoms with Gasteiger partial charge in [-0.3, -0.25) is 0 Å². The third-order valence-corrected chi connectivity index (χ3v) is 0. The summed E-state index contributed by atoms with van der Waals surface area (Å²) in [4.78, 5) is 0. The third-order valence-electron chi connectivity index (χ3n) is 0. The summed E-state index contributed by atoms with van der Waals surface area (Å²) >= 11 is 0. The van der Waals surface area contributed by atoms with Crippen LogP contribution in [0.3, 0.4) is 0 Å². The Kier molecular flexibility index (Phi) is 35400. The molecule has 6 nitrogen and oxygen atoms in total. The van der Waals surface area contributed by atoms with Crippen molar-refractivity contribution in [2.24, 2.45) is 0 Å². The molecule has 0 unspecified atom stereocenters. The van der Waals surface area contributed by atoms with Crippen molar-refractivity contribution in [2.45, 2.75) is 0 Å². The standard InChI is InChI=1S/Fe.Ni.6H2O.H2S/h;;7*1H2/q2*+2;;;;;;;/p-4. The molecule has 0 amide bonds. The summed E-state index contributed by atoms with van der Waals surface area (Å²) in [7, 11) is 0. The van der Waals surface area contributed by atoms with E-state index in [2.05, 4.69) is 0 Å². The van der Waals surface area contributed by atoms with Crippen molar-refractivity contribution in [1.29, 1.82) is 0 Å². The van der Waals surface area contributed by atoms with E-state index in [0.717, 1.165) is 0 Å². The van der Waals surface area contributed by atoms with Crippen LogP contribution in [0.1, 0.15) is 0 Å². The Labute approximate surface area is 80.1 Å². The second-order valence-electron chi connectivity index (χ2n) is 0. The van der Waals surface area contributed by atoms with Crippen LogP contribution in [-0.2, 0) is 33.6 Å². The number of hydrogen-bond donors (Lipinski definition) is 0. The summed E-state index contributed by atoms with van der Waals surface area (Å²) in [6.07, 6.45) is 0. The molecule has 9 heavy (non-hydrogen) atoms. The van der Waals surface area contributed by atoms with E-state index >= 15 is 0 Å². The van der Waals surface area contributed by atoms with Crippen molar-refractivity contribution in [3.8, 4) is 0 Å². The van der Waals surface area contributed by atoms with Gasteiger partial charge in [0, 0.05) is 0 Å². The van der Waals surface area contributed by atoms with Crippen molar-refractivity contribution >= 4 is 13.5 Å². The molecule has 0 aromatic rings. The monoisotopic (exact) mass is 252 g/mol.